The van der Waals surface area contributed by atoms with Crippen LogP contribution < -0.4 is 5.32 Å². The van der Waals surface area contributed by atoms with Crippen molar-refractivity contribution in [2.75, 3.05) is 6.61 Å². The molecule has 0 bridgehead atoms. The Morgan fingerprint density at radius 3 is 2.81 bits per heavy atom. The van der Waals surface area contributed by atoms with Crippen LogP contribution in [0.4, 0.5) is 0 Å². The first-order chi connectivity index (χ1) is 7.58. The maximum Gasteiger partial charge on any atom is 0.253 e. The lowest BCUT2D eigenvalue weighted by Crippen LogP contribution is -2.37. The molecule has 1 rings (SSSR count). The lowest BCUT2D eigenvalue weighted by Gasteiger charge is -2.14. The Hall–Kier alpha value is -1.13. The SMILES string of the molecule is CCC(CO)NC(=O)c1ccc(Cl)nc1C. The number of hydrogen-bond acceptors (Lipinski definition) is 3. The highest BCUT2D eigenvalue weighted by Gasteiger charge is 2.13. The van der Waals surface area contributed by atoms with Gasteiger partial charge < -0.3 is 10.4 Å². The fraction of sp³-hybridized carbons (Fsp3) is 0.455. The first kappa shape index (κ1) is 12.9. The molecule has 0 spiro atoms. The second-order valence-electron chi connectivity index (χ2n) is 3.53. The van der Waals surface area contributed by atoms with Crippen LogP contribution in [-0.2, 0) is 0 Å². The van der Waals surface area contributed by atoms with Crippen molar-refractivity contribution >= 4 is 17.5 Å². The third kappa shape index (κ3) is 3.18. The number of aliphatic hydroxyl groups excluding tert-OH is 1. The van der Waals surface area contributed by atoms with E-state index in [9.17, 15) is 4.79 Å². The predicted molar refractivity (Wildman–Crippen MR) is 62.6 cm³/mol. The van der Waals surface area contributed by atoms with Crippen molar-refractivity contribution in [3.8, 4) is 0 Å². The first-order valence-corrected chi connectivity index (χ1v) is 5.51. The van der Waals surface area contributed by atoms with Gasteiger partial charge in [-0.15, -0.1) is 0 Å². The summed E-state index contributed by atoms with van der Waals surface area (Å²) in [5.41, 5.74) is 1.06. The van der Waals surface area contributed by atoms with Gasteiger partial charge in [-0.1, -0.05) is 18.5 Å². The molecule has 1 aromatic heterocycles. The normalized spacial score (nSPS) is 12.2. The molecule has 4 nitrogen and oxygen atoms in total. The molecule has 0 aliphatic heterocycles. The minimum Gasteiger partial charge on any atom is -0.394 e. The molecule has 1 atom stereocenters. The number of carbonyl (C=O) groups is 1. The van der Waals surface area contributed by atoms with E-state index in [4.69, 9.17) is 16.7 Å². The standard InChI is InChI=1S/C11H15ClN2O2/c1-3-8(6-15)14-11(16)9-4-5-10(12)13-7(9)2/h4-5,8,15H,3,6H2,1-2H3,(H,14,16). The van der Waals surface area contributed by atoms with Gasteiger partial charge in [-0.05, 0) is 25.5 Å². The van der Waals surface area contributed by atoms with Crippen LogP contribution >= 0.6 is 11.6 Å². The third-order valence-corrected chi connectivity index (χ3v) is 2.56. The summed E-state index contributed by atoms with van der Waals surface area (Å²) in [6.45, 7) is 3.55. The van der Waals surface area contributed by atoms with Gasteiger partial charge in [0, 0.05) is 0 Å². The van der Waals surface area contributed by atoms with Crippen LogP contribution in [0.15, 0.2) is 12.1 Å². The van der Waals surface area contributed by atoms with Crippen molar-refractivity contribution in [3.63, 3.8) is 0 Å². The van der Waals surface area contributed by atoms with Crippen LogP contribution in [0.5, 0.6) is 0 Å². The number of pyridine rings is 1. The van der Waals surface area contributed by atoms with Crippen LogP contribution in [0.2, 0.25) is 5.15 Å². The Kier molecular flexibility index (Phi) is 4.71. The summed E-state index contributed by atoms with van der Waals surface area (Å²) in [5, 5.41) is 12.1. The average molecular weight is 243 g/mol. The second-order valence-corrected chi connectivity index (χ2v) is 3.92. The Bertz CT molecular complexity index is 378. The van der Waals surface area contributed by atoms with Crippen molar-refractivity contribution in [1.29, 1.82) is 0 Å². The van der Waals surface area contributed by atoms with Gasteiger partial charge in [-0.3, -0.25) is 4.79 Å². The maximum absolute atomic E-state index is 11.8. The minimum absolute atomic E-state index is 0.0672. The van der Waals surface area contributed by atoms with E-state index in [1.165, 1.54) is 0 Å². The Morgan fingerprint density at radius 1 is 1.62 bits per heavy atom. The van der Waals surface area contributed by atoms with Gasteiger partial charge in [0.25, 0.3) is 5.91 Å². The molecule has 0 radical (unpaired) electrons. The van der Waals surface area contributed by atoms with Crippen LogP contribution in [-0.4, -0.2) is 28.6 Å². The lowest BCUT2D eigenvalue weighted by atomic mass is 10.1. The van der Waals surface area contributed by atoms with Gasteiger partial charge >= 0.3 is 0 Å². The smallest absolute Gasteiger partial charge is 0.253 e. The number of carbonyl (C=O) groups excluding carboxylic acids is 1. The van der Waals surface area contributed by atoms with Crippen molar-refractivity contribution in [2.24, 2.45) is 0 Å². The molecular weight excluding hydrogens is 228 g/mol. The highest BCUT2D eigenvalue weighted by atomic mass is 35.5. The summed E-state index contributed by atoms with van der Waals surface area (Å²) in [7, 11) is 0. The zero-order valence-electron chi connectivity index (χ0n) is 9.33. The molecule has 1 unspecified atom stereocenters. The van der Waals surface area contributed by atoms with E-state index in [0.29, 0.717) is 22.8 Å². The molecule has 1 aromatic rings. The Labute approximate surface area is 99.6 Å². The third-order valence-electron chi connectivity index (χ3n) is 2.34. The molecule has 5 heteroatoms. The van der Waals surface area contributed by atoms with Gasteiger partial charge in [-0.25, -0.2) is 4.98 Å². The van der Waals surface area contributed by atoms with Crippen molar-refractivity contribution in [3.05, 3.63) is 28.5 Å². The lowest BCUT2D eigenvalue weighted by molar-refractivity contribution is 0.0914. The van der Waals surface area contributed by atoms with Crippen molar-refractivity contribution in [2.45, 2.75) is 26.3 Å². The summed E-state index contributed by atoms with van der Waals surface area (Å²) in [6, 6.07) is 2.98. The quantitative estimate of drug-likeness (QED) is 0.788. The second kappa shape index (κ2) is 5.82. The molecule has 2 N–H and O–H groups in total. The van der Waals surface area contributed by atoms with E-state index in [2.05, 4.69) is 10.3 Å². The summed E-state index contributed by atoms with van der Waals surface area (Å²) < 4.78 is 0. The van der Waals surface area contributed by atoms with E-state index < -0.39 is 0 Å². The van der Waals surface area contributed by atoms with Crippen molar-refractivity contribution in [1.82, 2.24) is 10.3 Å². The van der Waals surface area contributed by atoms with Gasteiger partial charge in [0.15, 0.2) is 0 Å². The number of hydrogen-bond donors (Lipinski definition) is 2. The van der Waals surface area contributed by atoms with Crippen LogP contribution in [0.25, 0.3) is 0 Å². The van der Waals surface area contributed by atoms with Crippen molar-refractivity contribution < 1.29 is 9.90 Å². The molecule has 0 aromatic carbocycles. The highest BCUT2D eigenvalue weighted by Crippen LogP contribution is 2.10. The van der Waals surface area contributed by atoms with Crippen LogP contribution in [0.1, 0.15) is 29.4 Å². The van der Waals surface area contributed by atoms with E-state index in [-0.39, 0.29) is 18.6 Å². The zero-order valence-corrected chi connectivity index (χ0v) is 10.1. The molecule has 1 heterocycles. The Balaban J connectivity index is 2.80. The fourth-order valence-electron chi connectivity index (χ4n) is 1.31. The Morgan fingerprint density at radius 2 is 2.31 bits per heavy atom. The summed E-state index contributed by atoms with van der Waals surface area (Å²) in [6.07, 6.45) is 0.683. The van der Waals surface area contributed by atoms with Gasteiger partial charge in [0.1, 0.15) is 5.15 Å². The summed E-state index contributed by atoms with van der Waals surface area (Å²) >= 11 is 5.70. The molecule has 0 aliphatic carbocycles. The number of amides is 1. The molecule has 0 saturated heterocycles. The summed E-state index contributed by atoms with van der Waals surface area (Å²) in [4.78, 5) is 15.8. The number of aliphatic hydroxyl groups is 1. The maximum atomic E-state index is 11.8. The summed E-state index contributed by atoms with van der Waals surface area (Å²) in [5.74, 6) is -0.234. The molecule has 16 heavy (non-hydrogen) atoms. The first-order valence-electron chi connectivity index (χ1n) is 5.13. The topological polar surface area (TPSA) is 62.2 Å². The van der Waals surface area contributed by atoms with Gasteiger partial charge in [-0.2, -0.15) is 0 Å². The number of nitrogens with zero attached hydrogens (tertiary/aromatic N) is 1. The average Bonchev–Trinajstić information content (AvgIpc) is 2.25. The fourth-order valence-corrected chi connectivity index (χ4v) is 1.50. The number of halogens is 1. The predicted octanol–water partition coefficient (Wildman–Crippen LogP) is 1.54. The van der Waals surface area contributed by atoms with Gasteiger partial charge in [0.05, 0.1) is 23.9 Å². The van der Waals surface area contributed by atoms with E-state index in [1.54, 1.807) is 19.1 Å². The molecular formula is C11H15ClN2O2. The monoisotopic (exact) mass is 242 g/mol. The van der Waals surface area contributed by atoms with Crippen LogP contribution in [0, 0.1) is 6.92 Å². The molecule has 0 aliphatic rings. The number of rotatable bonds is 4. The van der Waals surface area contributed by atoms with Crippen LogP contribution in [0.3, 0.4) is 0 Å². The molecule has 88 valence electrons. The molecule has 0 saturated carbocycles. The minimum atomic E-state index is -0.234. The number of aryl methyl sites for hydroxylation is 1. The largest absolute Gasteiger partial charge is 0.394 e. The van der Waals surface area contributed by atoms with E-state index in [0.717, 1.165) is 0 Å². The van der Waals surface area contributed by atoms with E-state index >= 15 is 0 Å². The number of aromatic nitrogens is 1. The zero-order chi connectivity index (χ0) is 12.1. The van der Waals surface area contributed by atoms with Gasteiger partial charge in [0.2, 0.25) is 0 Å². The molecule has 1 amide bonds. The molecule has 0 fully saturated rings. The van der Waals surface area contributed by atoms with E-state index in [1.807, 2.05) is 6.92 Å². The highest BCUT2D eigenvalue weighted by molar-refractivity contribution is 6.29. The number of nitrogens with one attached hydrogen (secondary N) is 1.